The molecule has 1 amide bonds. The molecule has 7 nitrogen and oxygen atoms in total. The molecule has 23 heavy (non-hydrogen) atoms. The van der Waals surface area contributed by atoms with Crippen LogP contribution >= 0.6 is 0 Å². The molecule has 2 atom stereocenters. The number of amides is 1. The summed E-state index contributed by atoms with van der Waals surface area (Å²) in [5.74, 6) is -1.16. The molecule has 0 aromatic heterocycles. The number of carboxylic acids is 1. The quantitative estimate of drug-likeness (QED) is 0.312. The van der Waals surface area contributed by atoms with Gasteiger partial charge in [-0.05, 0) is 25.0 Å². The lowest BCUT2D eigenvalue weighted by molar-refractivity contribution is -0.138. The molecule has 0 aromatic rings. The van der Waals surface area contributed by atoms with Crippen LogP contribution in [0.25, 0.3) is 0 Å². The normalized spacial score (nSPS) is 20.8. The summed E-state index contributed by atoms with van der Waals surface area (Å²) in [4.78, 5) is 23.2. The third-order valence-electron chi connectivity index (χ3n) is 3.87. The fourth-order valence-corrected chi connectivity index (χ4v) is 2.50. The Morgan fingerprint density at radius 1 is 0.913 bits per heavy atom. The molecule has 132 valence electrons. The summed E-state index contributed by atoms with van der Waals surface area (Å²) in [6, 6.07) is 0. The fraction of sp³-hybridized carbons (Fsp3) is 0.750. The van der Waals surface area contributed by atoms with E-state index >= 15 is 0 Å². The number of nitrogens with zero attached hydrogens (tertiary/aromatic N) is 1. The predicted octanol–water partition coefficient (Wildman–Crippen LogP) is 0.817. The first kappa shape index (κ1) is 19.6. The standard InChI is InChI=1S/C16H28N2O5/c19-13(7-10-16(22)23)17-11-5-3-1-2-4-6-12-18-14(20)8-9-15(18)21/h8-9,14-15,20-21H,1-7,10-12H2,(H,17,19)(H,22,23). The van der Waals surface area contributed by atoms with Crippen LogP contribution in [0.5, 0.6) is 0 Å². The summed E-state index contributed by atoms with van der Waals surface area (Å²) < 4.78 is 0. The first-order valence-electron chi connectivity index (χ1n) is 8.29. The maximum atomic E-state index is 11.3. The van der Waals surface area contributed by atoms with Crippen molar-refractivity contribution in [3.8, 4) is 0 Å². The highest BCUT2D eigenvalue weighted by atomic mass is 16.4. The summed E-state index contributed by atoms with van der Waals surface area (Å²) in [6.45, 7) is 1.27. The van der Waals surface area contributed by atoms with Crippen LogP contribution in [-0.4, -0.2) is 57.6 Å². The van der Waals surface area contributed by atoms with E-state index in [-0.39, 0.29) is 18.7 Å². The number of unbranched alkanes of at least 4 members (excludes halogenated alkanes) is 5. The van der Waals surface area contributed by atoms with Gasteiger partial charge in [0.2, 0.25) is 5.91 Å². The molecule has 1 aliphatic heterocycles. The van der Waals surface area contributed by atoms with E-state index in [0.29, 0.717) is 13.1 Å². The van der Waals surface area contributed by atoms with Crippen LogP contribution in [0.1, 0.15) is 51.4 Å². The second kappa shape index (κ2) is 11.2. The molecular weight excluding hydrogens is 300 g/mol. The van der Waals surface area contributed by atoms with Gasteiger partial charge in [-0.1, -0.05) is 25.7 Å². The van der Waals surface area contributed by atoms with Crippen molar-refractivity contribution in [3.05, 3.63) is 12.2 Å². The smallest absolute Gasteiger partial charge is 0.303 e. The lowest BCUT2D eigenvalue weighted by Crippen LogP contribution is -2.37. The maximum absolute atomic E-state index is 11.3. The van der Waals surface area contributed by atoms with E-state index in [1.54, 1.807) is 17.1 Å². The number of hydrogen-bond acceptors (Lipinski definition) is 5. The van der Waals surface area contributed by atoms with Crippen LogP contribution < -0.4 is 5.32 Å². The third kappa shape index (κ3) is 8.68. The van der Waals surface area contributed by atoms with Gasteiger partial charge in [-0.25, -0.2) is 4.90 Å². The Balaban J connectivity index is 1.86. The summed E-state index contributed by atoms with van der Waals surface area (Å²) in [5, 5.41) is 30.3. The summed E-state index contributed by atoms with van der Waals surface area (Å²) in [6.07, 6.45) is 7.81. The van der Waals surface area contributed by atoms with Crippen LogP contribution in [0.15, 0.2) is 12.2 Å². The van der Waals surface area contributed by atoms with Gasteiger partial charge in [0, 0.05) is 19.5 Å². The number of carbonyl (C=O) groups excluding carboxylic acids is 1. The number of rotatable bonds is 12. The van der Waals surface area contributed by atoms with Crippen LogP contribution in [-0.2, 0) is 9.59 Å². The highest BCUT2D eigenvalue weighted by molar-refractivity contribution is 5.80. The average Bonchev–Trinajstić information content (AvgIpc) is 2.82. The van der Waals surface area contributed by atoms with E-state index < -0.39 is 18.4 Å². The minimum atomic E-state index is -0.954. The molecule has 0 bridgehead atoms. The van der Waals surface area contributed by atoms with Crippen molar-refractivity contribution >= 4 is 11.9 Å². The Bertz CT molecular complexity index is 388. The zero-order valence-electron chi connectivity index (χ0n) is 13.5. The van der Waals surface area contributed by atoms with Crippen LogP contribution in [0.2, 0.25) is 0 Å². The van der Waals surface area contributed by atoms with Crippen molar-refractivity contribution < 1.29 is 24.9 Å². The second-order valence-electron chi connectivity index (χ2n) is 5.81. The topological polar surface area (TPSA) is 110 Å². The number of aliphatic hydroxyl groups excluding tert-OH is 2. The molecule has 1 aliphatic rings. The van der Waals surface area contributed by atoms with Crippen molar-refractivity contribution in [1.29, 1.82) is 0 Å². The largest absolute Gasteiger partial charge is 0.481 e. The Morgan fingerprint density at radius 2 is 1.48 bits per heavy atom. The van der Waals surface area contributed by atoms with Gasteiger partial charge in [-0.15, -0.1) is 0 Å². The zero-order valence-corrected chi connectivity index (χ0v) is 13.5. The molecule has 0 fully saturated rings. The number of aliphatic carboxylic acids is 1. The Labute approximate surface area is 137 Å². The van der Waals surface area contributed by atoms with Crippen LogP contribution in [0.3, 0.4) is 0 Å². The summed E-state index contributed by atoms with van der Waals surface area (Å²) >= 11 is 0. The predicted molar refractivity (Wildman–Crippen MR) is 85.4 cm³/mol. The number of carbonyl (C=O) groups is 2. The molecule has 0 saturated heterocycles. The van der Waals surface area contributed by atoms with E-state index in [2.05, 4.69) is 5.32 Å². The van der Waals surface area contributed by atoms with Gasteiger partial charge in [0.15, 0.2) is 0 Å². The van der Waals surface area contributed by atoms with Gasteiger partial charge in [-0.2, -0.15) is 0 Å². The first-order valence-corrected chi connectivity index (χ1v) is 8.29. The van der Waals surface area contributed by atoms with E-state index in [1.807, 2.05) is 0 Å². The highest BCUT2D eigenvalue weighted by Gasteiger charge is 2.23. The van der Waals surface area contributed by atoms with Gasteiger partial charge in [-0.3, -0.25) is 9.59 Å². The SMILES string of the molecule is O=C(O)CCC(=O)NCCCCCCCCN1C(O)C=CC1O. The van der Waals surface area contributed by atoms with Gasteiger partial charge < -0.3 is 20.6 Å². The average molecular weight is 328 g/mol. The van der Waals surface area contributed by atoms with Gasteiger partial charge in [0.1, 0.15) is 12.5 Å². The minimum Gasteiger partial charge on any atom is -0.481 e. The second-order valence-corrected chi connectivity index (χ2v) is 5.81. The fourth-order valence-electron chi connectivity index (χ4n) is 2.50. The molecule has 0 saturated carbocycles. The van der Waals surface area contributed by atoms with Crippen LogP contribution in [0, 0.1) is 0 Å². The number of nitrogens with one attached hydrogen (secondary N) is 1. The highest BCUT2D eigenvalue weighted by Crippen LogP contribution is 2.14. The summed E-state index contributed by atoms with van der Waals surface area (Å²) in [5.41, 5.74) is 0. The molecular formula is C16H28N2O5. The van der Waals surface area contributed by atoms with Crippen molar-refractivity contribution in [3.63, 3.8) is 0 Å². The number of aliphatic hydroxyl groups is 2. The molecule has 0 aromatic carbocycles. The van der Waals surface area contributed by atoms with Crippen molar-refractivity contribution in [2.24, 2.45) is 0 Å². The van der Waals surface area contributed by atoms with Crippen molar-refractivity contribution in [1.82, 2.24) is 10.2 Å². The summed E-state index contributed by atoms with van der Waals surface area (Å²) in [7, 11) is 0. The Morgan fingerprint density at radius 3 is 2.09 bits per heavy atom. The van der Waals surface area contributed by atoms with E-state index in [4.69, 9.17) is 5.11 Å². The molecule has 2 unspecified atom stereocenters. The maximum Gasteiger partial charge on any atom is 0.303 e. The van der Waals surface area contributed by atoms with Crippen molar-refractivity contribution in [2.45, 2.75) is 63.8 Å². The zero-order chi connectivity index (χ0) is 17.1. The van der Waals surface area contributed by atoms with Gasteiger partial charge >= 0.3 is 5.97 Å². The number of hydrogen-bond donors (Lipinski definition) is 4. The van der Waals surface area contributed by atoms with Gasteiger partial charge in [0.05, 0.1) is 6.42 Å². The minimum absolute atomic E-state index is 0.0401. The van der Waals surface area contributed by atoms with Crippen molar-refractivity contribution in [2.75, 3.05) is 13.1 Å². The molecule has 0 radical (unpaired) electrons. The first-order chi connectivity index (χ1) is 11.0. The van der Waals surface area contributed by atoms with E-state index in [0.717, 1.165) is 38.5 Å². The molecule has 0 aliphatic carbocycles. The van der Waals surface area contributed by atoms with Gasteiger partial charge in [0.25, 0.3) is 0 Å². The molecule has 4 N–H and O–H groups in total. The lowest BCUT2D eigenvalue weighted by atomic mass is 10.1. The molecule has 1 heterocycles. The Hall–Kier alpha value is -1.44. The Kier molecular flexibility index (Phi) is 9.51. The number of carboxylic acid groups (broad SMARTS) is 1. The molecule has 0 spiro atoms. The molecule has 7 heteroatoms. The van der Waals surface area contributed by atoms with Crippen LogP contribution in [0.4, 0.5) is 0 Å². The third-order valence-corrected chi connectivity index (χ3v) is 3.87. The monoisotopic (exact) mass is 328 g/mol. The van der Waals surface area contributed by atoms with E-state index in [1.165, 1.54) is 0 Å². The lowest BCUT2D eigenvalue weighted by Gasteiger charge is -2.23. The van der Waals surface area contributed by atoms with E-state index in [9.17, 15) is 19.8 Å². The molecule has 1 rings (SSSR count).